The van der Waals surface area contributed by atoms with E-state index in [1.807, 2.05) is 6.92 Å². The predicted octanol–water partition coefficient (Wildman–Crippen LogP) is 3.32. The van der Waals surface area contributed by atoms with Crippen molar-refractivity contribution in [3.63, 3.8) is 0 Å². The average Bonchev–Trinajstić information content (AvgIpc) is 2.68. The summed E-state index contributed by atoms with van der Waals surface area (Å²) in [6, 6.07) is 9.12. The van der Waals surface area contributed by atoms with E-state index in [0.717, 1.165) is 11.4 Å². The van der Waals surface area contributed by atoms with Crippen molar-refractivity contribution in [2.75, 3.05) is 14.1 Å². The first-order chi connectivity index (χ1) is 8.50. The molecule has 0 radical (unpaired) electrons. The Bertz CT molecular complexity index is 521. The van der Waals surface area contributed by atoms with Gasteiger partial charge in [-0.25, -0.2) is 0 Å². The third kappa shape index (κ3) is 2.31. The van der Waals surface area contributed by atoms with E-state index in [0.29, 0.717) is 6.04 Å². The zero-order valence-corrected chi connectivity index (χ0v) is 11.8. The van der Waals surface area contributed by atoms with Crippen LogP contribution >= 0.6 is 0 Å². The molecular weight excluding hydrogens is 222 g/mol. The van der Waals surface area contributed by atoms with E-state index in [2.05, 4.69) is 67.3 Å². The Hall–Kier alpha value is -1.61. The minimum atomic E-state index is 0.414. The number of nitrogens with zero attached hydrogens (tertiary/aromatic N) is 2. The molecule has 0 aliphatic rings. The van der Waals surface area contributed by atoms with Crippen molar-refractivity contribution in [3.8, 4) is 11.1 Å². The van der Waals surface area contributed by atoms with Crippen LogP contribution in [-0.2, 0) is 0 Å². The molecule has 18 heavy (non-hydrogen) atoms. The Kier molecular flexibility index (Phi) is 3.53. The van der Waals surface area contributed by atoms with Crippen molar-refractivity contribution >= 4 is 0 Å². The quantitative estimate of drug-likeness (QED) is 0.896. The van der Waals surface area contributed by atoms with E-state index in [-0.39, 0.29) is 0 Å². The zero-order chi connectivity index (χ0) is 13.3. The summed E-state index contributed by atoms with van der Waals surface area (Å²) in [6.07, 6.45) is 0. The number of aromatic nitrogens is 2. The Morgan fingerprint density at radius 3 is 2.50 bits per heavy atom. The highest BCUT2D eigenvalue weighted by atomic mass is 15.1. The van der Waals surface area contributed by atoms with Crippen LogP contribution in [0.3, 0.4) is 0 Å². The lowest BCUT2D eigenvalue weighted by molar-refractivity contribution is 0.321. The smallest absolute Gasteiger partial charge is 0.0672 e. The number of benzene rings is 1. The number of H-pyrrole nitrogens is 1. The number of hydrogen-bond acceptors (Lipinski definition) is 2. The van der Waals surface area contributed by atoms with Gasteiger partial charge in [-0.3, -0.25) is 5.10 Å². The lowest BCUT2D eigenvalue weighted by atomic mass is 9.98. The van der Waals surface area contributed by atoms with Crippen LogP contribution in [0.15, 0.2) is 24.3 Å². The molecule has 3 nitrogen and oxygen atoms in total. The van der Waals surface area contributed by atoms with Gasteiger partial charge < -0.3 is 4.90 Å². The monoisotopic (exact) mass is 243 g/mol. The molecule has 1 atom stereocenters. The minimum absolute atomic E-state index is 0.414. The second kappa shape index (κ2) is 4.94. The Morgan fingerprint density at radius 1 is 1.22 bits per heavy atom. The SMILES string of the molecule is Cc1n[nH]c(C)c1-c1cccc(C(C)N(C)C)c1. The van der Waals surface area contributed by atoms with E-state index in [4.69, 9.17) is 0 Å². The van der Waals surface area contributed by atoms with Gasteiger partial charge in [0.1, 0.15) is 0 Å². The third-order valence-electron chi connectivity index (χ3n) is 3.56. The van der Waals surface area contributed by atoms with Gasteiger partial charge in [-0.2, -0.15) is 5.10 Å². The van der Waals surface area contributed by atoms with Gasteiger partial charge in [0.15, 0.2) is 0 Å². The molecule has 96 valence electrons. The van der Waals surface area contributed by atoms with Crippen molar-refractivity contribution < 1.29 is 0 Å². The third-order valence-corrected chi connectivity index (χ3v) is 3.56. The molecule has 3 heteroatoms. The molecule has 0 saturated carbocycles. The summed E-state index contributed by atoms with van der Waals surface area (Å²) in [7, 11) is 4.21. The molecule has 0 bridgehead atoms. The van der Waals surface area contributed by atoms with Gasteiger partial charge in [-0.05, 0) is 52.1 Å². The second-order valence-corrected chi connectivity index (χ2v) is 5.07. The normalized spacial score (nSPS) is 13.0. The fraction of sp³-hybridized carbons (Fsp3) is 0.400. The van der Waals surface area contributed by atoms with Gasteiger partial charge in [0.25, 0.3) is 0 Å². The van der Waals surface area contributed by atoms with Crippen LogP contribution in [0, 0.1) is 13.8 Å². The van der Waals surface area contributed by atoms with Gasteiger partial charge in [-0.1, -0.05) is 18.2 Å². The zero-order valence-electron chi connectivity index (χ0n) is 11.8. The predicted molar refractivity (Wildman–Crippen MR) is 75.6 cm³/mol. The molecule has 0 fully saturated rings. The van der Waals surface area contributed by atoms with E-state index in [9.17, 15) is 0 Å². The van der Waals surface area contributed by atoms with E-state index in [1.54, 1.807) is 0 Å². The van der Waals surface area contributed by atoms with E-state index < -0.39 is 0 Å². The number of rotatable bonds is 3. The summed E-state index contributed by atoms with van der Waals surface area (Å²) in [5.74, 6) is 0. The number of hydrogen-bond donors (Lipinski definition) is 1. The van der Waals surface area contributed by atoms with Crippen LogP contribution in [0.4, 0.5) is 0 Å². The maximum atomic E-state index is 4.27. The molecule has 0 spiro atoms. The molecule has 1 heterocycles. The topological polar surface area (TPSA) is 31.9 Å². The van der Waals surface area contributed by atoms with Gasteiger partial charge in [0, 0.05) is 17.3 Å². The summed E-state index contributed by atoms with van der Waals surface area (Å²) in [5.41, 5.74) is 5.98. The fourth-order valence-electron chi connectivity index (χ4n) is 2.23. The molecule has 1 aromatic carbocycles. The molecule has 1 N–H and O–H groups in total. The summed E-state index contributed by atoms with van der Waals surface area (Å²) >= 11 is 0. The van der Waals surface area contributed by atoms with E-state index >= 15 is 0 Å². The molecule has 2 rings (SSSR count). The maximum absolute atomic E-state index is 4.27. The Balaban J connectivity index is 2.45. The molecule has 0 aliphatic heterocycles. The average molecular weight is 243 g/mol. The van der Waals surface area contributed by atoms with Crippen molar-refractivity contribution in [3.05, 3.63) is 41.2 Å². The van der Waals surface area contributed by atoms with Crippen molar-refractivity contribution in [2.45, 2.75) is 26.8 Å². The van der Waals surface area contributed by atoms with Gasteiger partial charge in [0.2, 0.25) is 0 Å². The summed E-state index contributed by atoms with van der Waals surface area (Å²) in [6.45, 7) is 6.33. The lowest BCUT2D eigenvalue weighted by Crippen LogP contribution is -2.16. The first-order valence-corrected chi connectivity index (χ1v) is 6.29. The number of aryl methyl sites for hydroxylation is 2. The van der Waals surface area contributed by atoms with Crippen LogP contribution in [0.2, 0.25) is 0 Å². The standard InChI is InChI=1S/C15H21N3/c1-10-15(11(2)17-16-10)14-8-6-7-13(9-14)12(3)18(4)5/h6-9,12H,1-5H3,(H,16,17). The van der Waals surface area contributed by atoms with Crippen molar-refractivity contribution in [1.82, 2.24) is 15.1 Å². The van der Waals surface area contributed by atoms with Gasteiger partial charge in [0.05, 0.1) is 5.69 Å². The summed E-state index contributed by atoms with van der Waals surface area (Å²) < 4.78 is 0. The highest BCUT2D eigenvalue weighted by molar-refractivity contribution is 5.68. The Labute approximate surface area is 109 Å². The van der Waals surface area contributed by atoms with Crippen LogP contribution < -0.4 is 0 Å². The van der Waals surface area contributed by atoms with Gasteiger partial charge >= 0.3 is 0 Å². The largest absolute Gasteiger partial charge is 0.303 e. The maximum Gasteiger partial charge on any atom is 0.0672 e. The highest BCUT2D eigenvalue weighted by Gasteiger charge is 2.12. The minimum Gasteiger partial charge on any atom is -0.303 e. The van der Waals surface area contributed by atoms with Crippen molar-refractivity contribution in [2.24, 2.45) is 0 Å². The first kappa shape index (κ1) is 12.8. The molecule has 0 aliphatic carbocycles. The van der Waals surface area contributed by atoms with Crippen LogP contribution in [0.25, 0.3) is 11.1 Å². The van der Waals surface area contributed by atoms with Crippen LogP contribution in [-0.4, -0.2) is 29.2 Å². The highest BCUT2D eigenvalue weighted by Crippen LogP contribution is 2.28. The number of nitrogens with one attached hydrogen (secondary N) is 1. The molecule has 1 aromatic heterocycles. The fourth-order valence-corrected chi connectivity index (χ4v) is 2.23. The molecular formula is C15H21N3. The molecule has 1 unspecified atom stereocenters. The molecule has 0 amide bonds. The van der Waals surface area contributed by atoms with E-state index in [1.165, 1.54) is 16.7 Å². The molecule has 2 aromatic rings. The van der Waals surface area contributed by atoms with Crippen LogP contribution in [0.5, 0.6) is 0 Å². The Morgan fingerprint density at radius 2 is 1.94 bits per heavy atom. The summed E-state index contributed by atoms with van der Waals surface area (Å²) in [4.78, 5) is 2.22. The summed E-state index contributed by atoms with van der Waals surface area (Å²) in [5, 5.41) is 7.31. The number of aromatic amines is 1. The van der Waals surface area contributed by atoms with Gasteiger partial charge in [-0.15, -0.1) is 0 Å². The lowest BCUT2D eigenvalue weighted by Gasteiger charge is -2.20. The van der Waals surface area contributed by atoms with Crippen LogP contribution in [0.1, 0.15) is 29.9 Å². The van der Waals surface area contributed by atoms with Crippen molar-refractivity contribution in [1.29, 1.82) is 0 Å². The molecule has 0 saturated heterocycles. The second-order valence-electron chi connectivity index (χ2n) is 5.07. The first-order valence-electron chi connectivity index (χ1n) is 6.29.